The van der Waals surface area contributed by atoms with Gasteiger partial charge in [-0.3, -0.25) is 0 Å². The summed E-state index contributed by atoms with van der Waals surface area (Å²) in [6.07, 6.45) is 0.923. The summed E-state index contributed by atoms with van der Waals surface area (Å²) in [4.78, 5) is 0.269. The van der Waals surface area contributed by atoms with Gasteiger partial charge >= 0.3 is 0 Å². The van der Waals surface area contributed by atoms with Crippen molar-refractivity contribution >= 4 is 59.4 Å². The van der Waals surface area contributed by atoms with E-state index < -0.39 is 0 Å². The third kappa shape index (κ3) is 3.83. The van der Waals surface area contributed by atoms with Crippen LogP contribution >= 0.6 is 59.4 Å². The summed E-state index contributed by atoms with van der Waals surface area (Å²) in [5.74, 6) is 0. The van der Waals surface area contributed by atoms with Crippen molar-refractivity contribution in [3.05, 3.63) is 67.6 Å². The lowest BCUT2D eigenvalue weighted by Gasteiger charge is -2.13. The molecule has 94 valence electrons. The van der Waals surface area contributed by atoms with E-state index >= 15 is 0 Å². The molecule has 0 spiro atoms. The van der Waals surface area contributed by atoms with Crippen LogP contribution in [0.1, 0.15) is 16.0 Å². The fourth-order valence-electron chi connectivity index (χ4n) is 1.69. The van der Waals surface area contributed by atoms with Crippen LogP contribution in [0, 0.1) is 0 Å². The molecule has 0 fully saturated rings. The number of halogens is 4. The van der Waals surface area contributed by atoms with E-state index in [1.807, 2.05) is 18.2 Å². The highest BCUT2D eigenvalue weighted by atomic mass is 79.9. The minimum Gasteiger partial charge on any atom is -0.0843 e. The summed E-state index contributed by atoms with van der Waals surface area (Å²) >= 11 is 16.7. The first-order valence-corrected chi connectivity index (χ1v) is 8.27. The fraction of sp³-hybridized carbons (Fsp3) is 0.143. The van der Waals surface area contributed by atoms with E-state index in [4.69, 9.17) is 11.6 Å². The monoisotopic (exact) mass is 450 g/mol. The van der Waals surface area contributed by atoms with Crippen molar-refractivity contribution in [1.82, 2.24) is 0 Å². The Labute approximate surface area is 137 Å². The Hall–Kier alpha value is 0.170. The quantitative estimate of drug-likeness (QED) is 0.463. The van der Waals surface area contributed by atoms with E-state index in [2.05, 4.69) is 72.1 Å². The molecule has 0 aliphatic rings. The summed E-state index contributed by atoms with van der Waals surface area (Å²) in [7, 11) is 0. The first-order valence-electron chi connectivity index (χ1n) is 5.40. The second-order valence-electron chi connectivity index (χ2n) is 3.96. The molecule has 0 aromatic heterocycles. The predicted octanol–water partition coefficient (Wildman–Crippen LogP) is 6.54. The normalized spacial score (nSPS) is 12.4. The lowest BCUT2D eigenvalue weighted by molar-refractivity contribution is 0.942. The van der Waals surface area contributed by atoms with Gasteiger partial charge in [-0.25, -0.2) is 0 Å². The maximum atomic E-state index is 5.89. The highest BCUT2D eigenvalue weighted by Crippen LogP contribution is 2.34. The smallest absolute Gasteiger partial charge is 0.0447 e. The third-order valence-electron chi connectivity index (χ3n) is 2.62. The molecular weight excluding hydrogens is 443 g/mol. The summed E-state index contributed by atoms with van der Waals surface area (Å²) < 4.78 is 2.20. The Morgan fingerprint density at radius 3 is 2.33 bits per heavy atom. The van der Waals surface area contributed by atoms with Crippen LogP contribution in [0.2, 0.25) is 5.02 Å². The standard InChI is InChI=1S/C14H10Br3Cl/c15-10-3-6-13(16)12(8-10)14(17)7-9-1-4-11(18)5-2-9/h1-6,8,14H,7H2. The van der Waals surface area contributed by atoms with Gasteiger partial charge in [0.15, 0.2) is 0 Å². The fourth-order valence-corrected chi connectivity index (χ4v) is 3.78. The molecule has 0 amide bonds. The molecule has 0 nitrogen and oxygen atoms in total. The average molecular weight is 453 g/mol. The van der Waals surface area contributed by atoms with Gasteiger partial charge in [-0.2, -0.15) is 0 Å². The second kappa shape index (κ2) is 6.56. The Kier molecular flexibility index (Phi) is 5.31. The lowest BCUT2D eigenvalue weighted by Crippen LogP contribution is -1.96. The summed E-state index contributed by atoms with van der Waals surface area (Å²) in [5.41, 5.74) is 2.49. The van der Waals surface area contributed by atoms with Gasteiger partial charge in [0.25, 0.3) is 0 Å². The maximum Gasteiger partial charge on any atom is 0.0447 e. The van der Waals surface area contributed by atoms with Crippen LogP contribution in [-0.4, -0.2) is 0 Å². The van der Waals surface area contributed by atoms with Crippen LogP contribution < -0.4 is 0 Å². The van der Waals surface area contributed by atoms with Crippen molar-refractivity contribution in [1.29, 1.82) is 0 Å². The number of benzene rings is 2. The lowest BCUT2D eigenvalue weighted by atomic mass is 10.0. The van der Waals surface area contributed by atoms with Gasteiger partial charge in [0.05, 0.1) is 0 Å². The maximum absolute atomic E-state index is 5.89. The Morgan fingerprint density at radius 1 is 1.00 bits per heavy atom. The Morgan fingerprint density at radius 2 is 1.67 bits per heavy atom. The molecule has 0 saturated heterocycles. The van der Waals surface area contributed by atoms with Crippen LogP contribution in [0.15, 0.2) is 51.4 Å². The molecule has 18 heavy (non-hydrogen) atoms. The zero-order valence-corrected chi connectivity index (χ0v) is 14.9. The molecule has 0 N–H and O–H groups in total. The summed E-state index contributed by atoms with van der Waals surface area (Å²) in [6.45, 7) is 0. The molecular formula is C14H10Br3Cl. The molecule has 0 radical (unpaired) electrons. The van der Waals surface area contributed by atoms with Crippen LogP contribution in [0.4, 0.5) is 0 Å². The molecule has 0 saturated carbocycles. The molecule has 0 bridgehead atoms. The van der Waals surface area contributed by atoms with E-state index in [0.29, 0.717) is 0 Å². The zero-order chi connectivity index (χ0) is 13.1. The molecule has 0 aliphatic heterocycles. The van der Waals surface area contributed by atoms with E-state index in [1.54, 1.807) is 0 Å². The molecule has 0 aliphatic carbocycles. The van der Waals surface area contributed by atoms with Gasteiger partial charge < -0.3 is 0 Å². The van der Waals surface area contributed by atoms with Gasteiger partial charge in [0.1, 0.15) is 0 Å². The molecule has 1 atom stereocenters. The molecule has 2 aromatic carbocycles. The minimum atomic E-state index is 0.269. The topological polar surface area (TPSA) is 0 Å². The molecule has 1 unspecified atom stereocenters. The molecule has 2 aromatic rings. The van der Waals surface area contributed by atoms with Crippen molar-refractivity contribution < 1.29 is 0 Å². The van der Waals surface area contributed by atoms with Crippen molar-refractivity contribution in [3.8, 4) is 0 Å². The first kappa shape index (κ1) is 14.6. The highest BCUT2D eigenvalue weighted by Gasteiger charge is 2.12. The van der Waals surface area contributed by atoms with E-state index in [-0.39, 0.29) is 4.83 Å². The number of alkyl halides is 1. The van der Waals surface area contributed by atoms with Crippen LogP contribution in [0.3, 0.4) is 0 Å². The number of rotatable bonds is 3. The average Bonchev–Trinajstić information content (AvgIpc) is 2.35. The van der Waals surface area contributed by atoms with Crippen molar-refractivity contribution in [2.45, 2.75) is 11.2 Å². The molecule has 2 rings (SSSR count). The van der Waals surface area contributed by atoms with Crippen molar-refractivity contribution in [2.24, 2.45) is 0 Å². The first-order chi connectivity index (χ1) is 8.56. The summed E-state index contributed by atoms with van der Waals surface area (Å²) in [5, 5.41) is 0.772. The summed E-state index contributed by atoms with van der Waals surface area (Å²) in [6, 6.07) is 14.2. The third-order valence-corrected chi connectivity index (χ3v) is 4.91. The highest BCUT2D eigenvalue weighted by molar-refractivity contribution is 9.11. The largest absolute Gasteiger partial charge is 0.0843 e. The predicted molar refractivity (Wildman–Crippen MR) is 88.7 cm³/mol. The number of hydrogen-bond acceptors (Lipinski definition) is 0. The van der Waals surface area contributed by atoms with Crippen LogP contribution in [0.5, 0.6) is 0 Å². The van der Waals surface area contributed by atoms with Gasteiger partial charge in [-0.1, -0.05) is 71.5 Å². The van der Waals surface area contributed by atoms with E-state index in [9.17, 15) is 0 Å². The molecule has 4 heteroatoms. The van der Waals surface area contributed by atoms with Gasteiger partial charge in [-0.15, -0.1) is 0 Å². The Bertz CT molecular complexity index is 537. The van der Waals surface area contributed by atoms with Crippen LogP contribution in [-0.2, 0) is 6.42 Å². The Balaban J connectivity index is 2.18. The SMILES string of the molecule is Clc1ccc(CC(Br)c2cc(Br)ccc2Br)cc1. The van der Waals surface area contributed by atoms with Crippen molar-refractivity contribution in [2.75, 3.05) is 0 Å². The van der Waals surface area contributed by atoms with Crippen molar-refractivity contribution in [3.63, 3.8) is 0 Å². The molecule has 0 heterocycles. The van der Waals surface area contributed by atoms with Gasteiger partial charge in [0, 0.05) is 18.8 Å². The zero-order valence-electron chi connectivity index (χ0n) is 9.34. The van der Waals surface area contributed by atoms with Gasteiger partial charge in [0.2, 0.25) is 0 Å². The van der Waals surface area contributed by atoms with Crippen LogP contribution in [0.25, 0.3) is 0 Å². The van der Waals surface area contributed by atoms with E-state index in [1.165, 1.54) is 11.1 Å². The minimum absolute atomic E-state index is 0.269. The number of hydrogen-bond donors (Lipinski definition) is 0. The second-order valence-corrected chi connectivity index (χ2v) is 7.28. The van der Waals surface area contributed by atoms with E-state index in [0.717, 1.165) is 20.4 Å². The van der Waals surface area contributed by atoms with Gasteiger partial charge in [-0.05, 0) is 47.9 Å².